The zero-order valence-corrected chi connectivity index (χ0v) is 11.5. The second-order valence-corrected chi connectivity index (χ2v) is 5.09. The van der Waals surface area contributed by atoms with E-state index in [9.17, 15) is 9.59 Å². The Balaban J connectivity index is 1.59. The van der Waals surface area contributed by atoms with Crippen molar-refractivity contribution in [3.63, 3.8) is 0 Å². The quantitative estimate of drug-likeness (QED) is 0.879. The number of hydrogen-bond donors (Lipinski definition) is 2. The average Bonchev–Trinajstić information content (AvgIpc) is 3.12. The van der Waals surface area contributed by atoms with E-state index in [0.29, 0.717) is 13.1 Å². The van der Waals surface area contributed by atoms with E-state index in [1.807, 2.05) is 41.2 Å². The third-order valence-electron chi connectivity index (χ3n) is 3.47. The van der Waals surface area contributed by atoms with Crippen LogP contribution in [0, 0.1) is 5.92 Å². The summed E-state index contributed by atoms with van der Waals surface area (Å²) in [4.78, 5) is 23.1. The minimum atomic E-state index is -0.277. The zero-order valence-electron chi connectivity index (χ0n) is 11.5. The van der Waals surface area contributed by atoms with Crippen LogP contribution in [0.25, 0.3) is 0 Å². The fourth-order valence-corrected chi connectivity index (χ4v) is 2.31. The predicted octanol–water partition coefficient (Wildman–Crippen LogP) is 1.01. The topological polar surface area (TPSA) is 76.0 Å². The maximum absolute atomic E-state index is 12.0. The molecule has 2 amide bonds. The lowest BCUT2D eigenvalue weighted by Gasteiger charge is -2.10. The second-order valence-electron chi connectivity index (χ2n) is 5.09. The van der Waals surface area contributed by atoms with Crippen molar-refractivity contribution in [2.75, 3.05) is 11.9 Å². The van der Waals surface area contributed by atoms with Crippen molar-refractivity contribution < 1.29 is 9.59 Å². The van der Waals surface area contributed by atoms with Gasteiger partial charge in [0.25, 0.3) is 0 Å². The predicted molar refractivity (Wildman–Crippen MR) is 77.5 cm³/mol. The third kappa shape index (κ3) is 3.28. The van der Waals surface area contributed by atoms with Crippen molar-refractivity contribution in [3.8, 4) is 0 Å². The molecule has 1 atom stereocenters. The van der Waals surface area contributed by atoms with Crippen molar-refractivity contribution in [3.05, 3.63) is 48.3 Å². The summed E-state index contributed by atoms with van der Waals surface area (Å²) < 4.78 is 1.84. The minimum absolute atomic E-state index is 0.0651. The van der Waals surface area contributed by atoms with Gasteiger partial charge in [-0.15, -0.1) is 0 Å². The van der Waals surface area contributed by atoms with Gasteiger partial charge in [-0.2, -0.15) is 5.10 Å². The Kier molecular flexibility index (Phi) is 3.68. The fraction of sp³-hybridized carbons (Fsp3) is 0.267. The largest absolute Gasteiger partial charge is 0.355 e. The van der Waals surface area contributed by atoms with E-state index in [0.717, 1.165) is 11.3 Å². The van der Waals surface area contributed by atoms with Crippen LogP contribution in [0.15, 0.2) is 42.7 Å². The van der Waals surface area contributed by atoms with Gasteiger partial charge in [-0.3, -0.25) is 14.3 Å². The molecule has 2 N–H and O–H groups in total. The number of benzene rings is 1. The van der Waals surface area contributed by atoms with Crippen LogP contribution < -0.4 is 10.6 Å². The summed E-state index contributed by atoms with van der Waals surface area (Å²) in [5.41, 5.74) is 1.85. The number of nitrogens with one attached hydrogen (secondary N) is 2. The van der Waals surface area contributed by atoms with Gasteiger partial charge in [0.1, 0.15) is 0 Å². The standard InChI is InChI=1S/C15H16N4O2/c20-14-8-12(9-16-14)15(21)18-13-4-2-11(3-5-13)10-19-7-1-6-17-19/h1-7,12H,8-10H2,(H,16,20)(H,18,21). The average molecular weight is 284 g/mol. The van der Waals surface area contributed by atoms with Crippen LogP contribution in [-0.4, -0.2) is 28.1 Å². The third-order valence-corrected chi connectivity index (χ3v) is 3.47. The molecule has 21 heavy (non-hydrogen) atoms. The Labute approximate surface area is 122 Å². The molecule has 108 valence electrons. The van der Waals surface area contributed by atoms with Gasteiger partial charge in [0, 0.05) is 31.0 Å². The van der Waals surface area contributed by atoms with E-state index in [1.165, 1.54) is 0 Å². The van der Waals surface area contributed by atoms with Gasteiger partial charge < -0.3 is 10.6 Å². The van der Waals surface area contributed by atoms with Crippen molar-refractivity contribution in [2.45, 2.75) is 13.0 Å². The number of amides is 2. The first-order valence-electron chi connectivity index (χ1n) is 6.84. The molecule has 2 heterocycles. The summed E-state index contributed by atoms with van der Waals surface area (Å²) in [6.45, 7) is 1.12. The number of nitrogens with zero attached hydrogens (tertiary/aromatic N) is 2. The van der Waals surface area contributed by atoms with Gasteiger partial charge in [0.2, 0.25) is 11.8 Å². The van der Waals surface area contributed by atoms with E-state index in [2.05, 4.69) is 15.7 Å². The van der Waals surface area contributed by atoms with Gasteiger partial charge in [-0.25, -0.2) is 0 Å². The van der Waals surface area contributed by atoms with Crippen LogP contribution >= 0.6 is 0 Å². The normalized spacial score (nSPS) is 17.5. The van der Waals surface area contributed by atoms with Crippen molar-refractivity contribution in [1.29, 1.82) is 0 Å². The smallest absolute Gasteiger partial charge is 0.229 e. The molecule has 1 aliphatic heterocycles. The molecule has 6 nitrogen and oxygen atoms in total. The summed E-state index contributed by atoms with van der Waals surface area (Å²) in [5, 5.41) is 9.65. The number of anilines is 1. The molecule has 6 heteroatoms. The van der Waals surface area contributed by atoms with Crippen LogP contribution in [0.1, 0.15) is 12.0 Å². The second kappa shape index (κ2) is 5.78. The first kappa shape index (κ1) is 13.4. The Morgan fingerprint density at radius 2 is 2.19 bits per heavy atom. The molecule has 0 spiro atoms. The maximum atomic E-state index is 12.0. The number of aromatic nitrogens is 2. The SMILES string of the molecule is O=C1CC(C(=O)Nc2ccc(Cn3cccn3)cc2)CN1. The van der Waals surface area contributed by atoms with Crippen molar-refractivity contribution >= 4 is 17.5 Å². The van der Waals surface area contributed by atoms with Crippen LogP contribution in [-0.2, 0) is 16.1 Å². The molecule has 1 aromatic heterocycles. The lowest BCUT2D eigenvalue weighted by atomic mass is 10.1. The highest BCUT2D eigenvalue weighted by Gasteiger charge is 2.27. The van der Waals surface area contributed by atoms with Gasteiger partial charge in [0.05, 0.1) is 12.5 Å². The Morgan fingerprint density at radius 1 is 1.38 bits per heavy atom. The van der Waals surface area contributed by atoms with E-state index in [1.54, 1.807) is 6.20 Å². The molecule has 0 radical (unpaired) electrons. The first-order chi connectivity index (χ1) is 10.2. The molecular weight excluding hydrogens is 268 g/mol. The Hall–Kier alpha value is -2.63. The monoisotopic (exact) mass is 284 g/mol. The maximum Gasteiger partial charge on any atom is 0.229 e. The lowest BCUT2D eigenvalue weighted by Crippen LogP contribution is -2.24. The van der Waals surface area contributed by atoms with Gasteiger partial charge in [0.15, 0.2) is 0 Å². The molecule has 1 fully saturated rings. The molecule has 0 aliphatic carbocycles. The molecule has 1 aromatic carbocycles. The van der Waals surface area contributed by atoms with Crippen molar-refractivity contribution in [1.82, 2.24) is 15.1 Å². The molecular formula is C15H16N4O2. The van der Waals surface area contributed by atoms with Gasteiger partial charge in [-0.1, -0.05) is 12.1 Å². The van der Waals surface area contributed by atoms with Crippen LogP contribution in [0.2, 0.25) is 0 Å². The van der Waals surface area contributed by atoms with E-state index in [-0.39, 0.29) is 24.2 Å². The zero-order chi connectivity index (χ0) is 14.7. The summed E-state index contributed by atoms with van der Waals surface area (Å²) in [6.07, 6.45) is 3.91. The number of carbonyl (C=O) groups excluding carboxylic acids is 2. The number of hydrogen-bond acceptors (Lipinski definition) is 3. The molecule has 1 saturated heterocycles. The van der Waals surface area contributed by atoms with Gasteiger partial charge in [-0.05, 0) is 23.8 Å². The van der Waals surface area contributed by atoms with Crippen molar-refractivity contribution in [2.24, 2.45) is 5.92 Å². The number of rotatable bonds is 4. The molecule has 0 bridgehead atoms. The first-order valence-corrected chi connectivity index (χ1v) is 6.84. The molecule has 3 rings (SSSR count). The molecule has 2 aromatic rings. The fourth-order valence-electron chi connectivity index (χ4n) is 2.31. The highest BCUT2D eigenvalue weighted by atomic mass is 16.2. The highest BCUT2D eigenvalue weighted by Crippen LogP contribution is 2.15. The summed E-state index contributed by atoms with van der Waals surface area (Å²) in [6, 6.07) is 9.51. The van der Waals surface area contributed by atoms with E-state index >= 15 is 0 Å². The Morgan fingerprint density at radius 3 is 2.81 bits per heavy atom. The summed E-state index contributed by atoms with van der Waals surface area (Å²) in [5.74, 6) is -0.459. The molecule has 0 saturated carbocycles. The highest BCUT2D eigenvalue weighted by molar-refractivity contribution is 5.97. The lowest BCUT2D eigenvalue weighted by molar-refractivity contribution is -0.123. The van der Waals surface area contributed by atoms with Crippen LogP contribution in [0.4, 0.5) is 5.69 Å². The molecule has 1 aliphatic rings. The Bertz CT molecular complexity index is 634. The minimum Gasteiger partial charge on any atom is -0.355 e. The summed E-state index contributed by atoms with van der Waals surface area (Å²) >= 11 is 0. The van der Waals surface area contributed by atoms with E-state index < -0.39 is 0 Å². The van der Waals surface area contributed by atoms with E-state index in [4.69, 9.17) is 0 Å². The van der Waals surface area contributed by atoms with Crippen LogP contribution in [0.5, 0.6) is 0 Å². The summed E-state index contributed by atoms with van der Waals surface area (Å²) in [7, 11) is 0. The molecule has 1 unspecified atom stereocenters. The number of carbonyl (C=O) groups is 2. The van der Waals surface area contributed by atoms with Gasteiger partial charge >= 0.3 is 0 Å². The van der Waals surface area contributed by atoms with Crippen LogP contribution in [0.3, 0.4) is 0 Å².